The first kappa shape index (κ1) is 22.1. The van der Waals surface area contributed by atoms with Crippen LogP contribution in [0.3, 0.4) is 0 Å². The van der Waals surface area contributed by atoms with Crippen LogP contribution in [0.25, 0.3) is 0 Å². The van der Waals surface area contributed by atoms with Crippen molar-refractivity contribution in [3.63, 3.8) is 0 Å². The fourth-order valence-corrected chi connectivity index (χ4v) is 4.63. The Hall–Kier alpha value is -2.12. The quantitative estimate of drug-likeness (QED) is 0.594. The molecule has 2 heterocycles. The Kier molecular flexibility index (Phi) is 7.13. The number of nitrogens with zero attached hydrogens (tertiary/aromatic N) is 3. The fourth-order valence-electron chi connectivity index (χ4n) is 4.45. The molecule has 0 saturated carbocycles. The largest absolute Gasteiger partial charge is 0.491 e. The maximum atomic E-state index is 14.5. The fraction of sp³-hybridized carbons (Fsp3) is 0.565. The monoisotopic (exact) mass is 448 g/mol. The second kappa shape index (κ2) is 10.0. The number of aromatic nitrogens is 2. The van der Waals surface area contributed by atoms with Gasteiger partial charge in [-0.2, -0.15) is 4.39 Å². The van der Waals surface area contributed by atoms with E-state index in [-0.39, 0.29) is 11.5 Å². The Bertz CT molecular complexity index is 892. The minimum Gasteiger partial charge on any atom is -0.491 e. The Balaban J connectivity index is 1.38. The first-order valence-corrected chi connectivity index (χ1v) is 11.6. The highest BCUT2D eigenvalue weighted by molar-refractivity contribution is 6.28. The van der Waals surface area contributed by atoms with E-state index in [0.29, 0.717) is 24.5 Å². The summed E-state index contributed by atoms with van der Waals surface area (Å²) >= 11 is 6.12. The van der Waals surface area contributed by atoms with Crippen molar-refractivity contribution < 1.29 is 13.9 Å². The van der Waals surface area contributed by atoms with Crippen molar-refractivity contribution in [2.45, 2.75) is 58.5 Å². The molecule has 31 heavy (non-hydrogen) atoms. The number of fused-ring (bicyclic) bond motifs is 1. The van der Waals surface area contributed by atoms with E-state index in [1.165, 1.54) is 5.56 Å². The molecule has 1 saturated heterocycles. The lowest BCUT2D eigenvalue weighted by Gasteiger charge is -2.33. The summed E-state index contributed by atoms with van der Waals surface area (Å²) in [5, 5.41) is 3.94. The Labute approximate surface area is 188 Å². The van der Waals surface area contributed by atoms with Gasteiger partial charge >= 0.3 is 0 Å². The zero-order valence-electron chi connectivity index (χ0n) is 18.2. The lowest BCUT2D eigenvalue weighted by atomic mass is 10.0. The molecule has 0 spiro atoms. The lowest BCUT2D eigenvalue weighted by Crippen LogP contribution is -2.39. The molecular formula is C23H30ClFN4O2. The van der Waals surface area contributed by atoms with Crippen LogP contribution >= 0.6 is 11.6 Å². The third-order valence-corrected chi connectivity index (χ3v) is 6.07. The number of nitrogens with one attached hydrogen (secondary N) is 1. The van der Waals surface area contributed by atoms with Crippen molar-refractivity contribution in [3.05, 3.63) is 40.1 Å². The number of aryl methyl sites for hydroxylation is 1. The predicted octanol–water partition coefficient (Wildman–Crippen LogP) is 4.63. The van der Waals surface area contributed by atoms with E-state index in [9.17, 15) is 4.39 Å². The molecule has 1 aromatic carbocycles. The molecule has 0 radical (unpaired) electrons. The zero-order valence-corrected chi connectivity index (χ0v) is 19.0. The SMILES string of the molecule is CCOc1cc(CN2CCC(Nc3nc(Cl)nc4c3CCC4)CC2)cc(OCC)c1F. The van der Waals surface area contributed by atoms with Gasteiger partial charge in [-0.15, -0.1) is 0 Å². The van der Waals surface area contributed by atoms with Crippen LogP contribution in [0, 0.1) is 5.82 Å². The van der Waals surface area contributed by atoms with Crippen LogP contribution in [0.1, 0.15) is 49.9 Å². The molecule has 0 atom stereocenters. The molecule has 168 valence electrons. The average molecular weight is 449 g/mol. The van der Waals surface area contributed by atoms with E-state index in [1.54, 1.807) is 12.1 Å². The van der Waals surface area contributed by atoms with Crippen molar-refractivity contribution in [3.8, 4) is 11.5 Å². The van der Waals surface area contributed by atoms with Crippen molar-refractivity contribution in [1.82, 2.24) is 14.9 Å². The maximum absolute atomic E-state index is 14.5. The standard InChI is InChI=1S/C23H30ClFN4O2/c1-3-30-19-12-15(13-20(21(19)25)31-4-2)14-29-10-8-16(9-11-29)26-22-17-6-5-7-18(17)27-23(24)28-22/h12-13,16H,3-11,14H2,1-2H3,(H,26,27,28). The van der Waals surface area contributed by atoms with Gasteiger partial charge < -0.3 is 14.8 Å². The normalized spacial score (nSPS) is 16.9. The molecular weight excluding hydrogens is 419 g/mol. The lowest BCUT2D eigenvalue weighted by molar-refractivity contribution is 0.210. The van der Waals surface area contributed by atoms with Crippen LogP contribution in [0.2, 0.25) is 5.28 Å². The van der Waals surface area contributed by atoms with Crippen molar-refractivity contribution >= 4 is 17.4 Å². The summed E-state index contributed by atoms with van der Waals surface area (Å²) < 4.78 is 25.4. The zero-order chi connectivity index (χ0) is 21.8. The summed E-state index contributed by atoms with van der Waals surface area (Å²) in [5.41, 5.74) is 3.32. The number of rotatable bonds is 8. The summed E-state index contributed by atoms with van der Waals surface area (Å²) in [7, 11) is 0. The molecule has 1 N–H and O–H groups in total. The van der Waals surface area contributed by atoms with E-state index in [2.05, 4.69) is 20.2 Å². The first-order valence-electron chi connectivity index (χ1n) is 11.2. The number of likely N-dealkylation sites (tertiary alicyclic amines) is 1. The van der Waals surface area contributed by atoms with Gasteiger partial charge in [0.15, 0.2) is 11.5 Å². The molecule has 1 aliphatic carbocycles. The molecule has 2 aliphatic rings. The average Bonchev–Trinajstić information content (AvgIpc) is 3.22. The van der Waals surface area contributed by atoms with E-state index in [1.807, 2.05) is 13.8 Å². The minimum atomic E-state index is -0.425. The number of hydrogen-bond donors (Lipinski definition) is 1. The smallest absolute Gasteiger partial charge is 0.224 e. The third kappa shape index (κ3) is 5.21. The van der Waals surface area contributed by atoms with E-state index in [0.717, 1.165) is 68.8 Å². The summed E-state index contributed by atoms with van der Waals surface area (Å²) in [6.07, 6.45) is 5.13. The second-order valence-corrected chi connectivity index (χ2v) is 8.42. The number of halogens is 2. The van der Waals surface area contributed by atoms with Crippen LogP contribution in [0.5, 0.6) is 11.5 Å². The molecule has 0 amide bonds. The highest BCUT2D eigenvalue weighted by Crippen LogP contribution is 2.31. The molecule has 0 bridgehead atoms. The van der Waals surface area contributed by atoms with Gasteiger partial charge in [-0.05, 0) is 75.2 Å². The van der Waals surface area contributed by atoms with Gasteiger partial charge in [0.1, 0.15) is 5.82 Å². The summed E-state index contributed by atoms with van der Waals surface area (Å²) in [4.78, 5) is 11.2. The van der Waals surface area contributed by atoms with Gasteiger partial charge in [-0.3, -0.25) is 4.90 Å². The van der Waals surface area contributed by atoms with Gasteiger partial charge in [0, 0.05) is 31.2 Å². The Morgan fingerprint density at radius 3 is 2.42 bits per heavy atom. The molecule has 1 aromatic heterocycles. The summed E-state index contributed by atoms with van der Waals surface area (Å²) in [6, 6.07) is 3.94. The second-order valence-electron chi connectivity index (χ2n) is 8.09. The molecule has 4 rings (SSSR count). The number of benzene rings is 1. The molecule has 1 aliphatic heterocycles. The van der Waals surface area contributed by atoms with Gasteiger partial charge in [0.05, 0.1) is 18.9 Å². The van der Waals surface area contributed by atoms with Crippen LogP contribution in [-0.2, 0) is 19.4 Å². The van der Waals surface area contributed by atoms with E-state index in [4.69, 9.17) is 21.1 Å². The minimum absolute atomic E-state index is 0.259. The predicted molar refractivity (Wildman–Crippen MR) is 120 cm³/mol. The van der Waals surface area contributed by atoms with Crippen LogP contribution in [0.4, 0.5) is 10.2 Å². The number of piperidine rings is 1. The first-order chi connectivity index (χ1) is 15.1. The molecule has 1 fully saturated rings. The van der Waals surface area contributed by atoms with Gasteiger partial charge in [0.25, 0.3) is 0 Å². The highest BCUT2D eigenvalue weighted by atomic mass is 35.5. The Morgan fingerprint density at radius 2 is 1.77 bits per heavy atom. The summed E-state index contributed by atoms with van der Waals surface area (Å²) in [6.45, 7) is 7.17. The van der Waals surface area contributed by atoms with Crippen molar-refractivity contribution in [2.24, 2.45) is 0 Å². The Morgan fingerprint density at radius 1 is 1.10 bits per heavy atom. The number of anilines is 1. The van der Waals surface area contributed by atoms with Crippen LogP contribution in [-0.4, -0.2) is 47.2 Å². The molecule has 2 aromatic rings. The molecule has 8 heteroatoms. The highest BCUT2D eigenvalue weighted by Gasteiger charge is 2.24. The maximum Gasteiger partial charge on any atom is 0.224 e. The summed E-state index contributed by atoms with van der Waals surface area (Å²) in [5.74, 6) is 1.00. The van der Waals surface area contributed by atoms with E-state index < -0.39 is 5.82 Å². The van der Waals surface area contributed by atoms with Gasteiger partial charge in [0.2, 0.25) is 11.1 Å². The van der Waals surface area contributed by atoms with Crippen LogP contribution in [0.15, 0.2) is 12.1 Å². The van der Waals surface area contributed by atoms with Crippen LogP contribution < -0.4 is 14.8 Å². The topological polar surface area (TPSA) is 59.5 Å². The molecule has 6 nitrogen and oxygen atoms in total. The van der Waals surface area contributed by atoms with Gasteiger partial charge in [-0.25, -0.2) is 9.97 Å². The number of hydrogen-bond acceptors (Lipinski definition) is 6. The third-order valence-electron chi connectivity index (χ3n) is 5.91. The molecule has 0 unspecified atom stereocenters. The van der Waals surface area contributed by atoms with Crippen molar-refractivity contribution in [1.29, 1.82) is 0 Å². The van der Waals surface area contributed by atoms with Crippen molar-refractivity contribution in [2.75, 3.05) is 31.6 Å². The van der Waals surface area contributed by atoms with E-state index >= 15 is 0 Å². The number of ether oxygens (including phenoxy) is 2. The van der Waals surface area contributed by atoms with Gasteiger partial charge in [-0.1, -0.05) is 0 Å².